The van der Waals surface area contributed by atoms with Gasteiger partial charge in [-0.25, -0.2) is 0 Å². The standard InChI is InChI=1S/C16H22O2/c1-16(2,3)11-13-18-15-9-7-14(8-10-15)6-4-5-12-17/h7-10,17H,5,11-13H2,1-3H3. The Kier molecular flexibility index (Phi) is 5.74. The average molecular weight is 246 g/mol. The van der Waals surface area contributed by atoms with Crippen molar-refractivity contribution in [2.24, 2.45) is 5.41 Å². The minimum atomic E-state index is 0.112. The summed E-state index contributed by atoms with van der Waals surface area (Å²) >= 11 is 0. The highest BCUT2D eigenvalue weighted by Crippen LogP contribution is 2.19. The number of benzene rings is 1. The van der Waals surface area contributed by atoms with E-state index < -0.39 is 0 Å². The Morgan fingerprint density at radius 2 is 1.83 bits per heavy atom. The smallest absolute Gasteiger partial charge is 0.119 e. The summed E-state index contributed by atoms with van der Waals surface area (Å²) in [4.78, 5) is 0. The predicted molar refractivity (Wildman–Crippen MR) is 74.6 cm³/mol. The van der Waals surface area contributed by atoms with Crippen LogP contribution >= 0.6 is 0 Å². The van der Waals surface area contributed by atoms with Crippen LogP contribution in [0.3, 0.4) is 0 Å². The molecule has 2 nitrogen and oxygen atoms in total. The fraction of sp³-hybridized carbons (Fsp3) is 0.500. The number of rotatable bonds is 4. The molecule has 0 atom stereocenters. The lowest BCUT2D eigenvalue weighted by Crippen LogP contribution is -2.11. The lowest BCUT2D eigenvalue weighted by molar-refractivity contribution is 0.243. The maximum absolute atomic E-state index is 8.63. The molecule has 0 aliphatic rings. The highest BCUT2D eigenvalue weighted by Gasteiger charge is 2.09. The summed E-state index contributed by atoms with van der Waals surface area (Å²) in [7, 11) is 0. The van der Waals surface area contributed by atoms with Crippen LogP contribution in [0, 0.1) is 17.3 Å². The number of ether oxygens (including phenoxy) is 1. The maximum Gasteiger partial charge on any atom is 0.119 e. The van der Waals surface area contributed by atoms with Crippen LogP contribution in [-0.4, -0.2) is 18.3 Å². The van der Waals surface area contributed by atoms with E-state index in [-0.39, 0.29) is 6.61 Å². The zero-order valence-electron chi connectivity index (χ0n) is 11.5. The first-order valence-electron chi connectivity index (χ1n) is 6.34. The van der Waals surface area contributed by atoms with Crippen molar-refractivity contribution < 1.29 is 9.84 Å². The molecule has 0 aliphatic heterocycles. The van der Waals surface area contributed by atoms with Crippen LogP contribution in [0.4, 0.5) is 0 Å². The molecule has 98 valence electrons. The Balaban J connectivity index is 2.44. The molecule has 1 aromatic carbocycles. The Labute approximate surface area is 110 Å². The Hall–Kier alpha value is -1.46. The Bertz CT molecular complexity index is 401. The van der Waals surface area contributed by atoms with Gasteiger partial charge in [0.2, 0.25) is 0 Å². The molecule has 0 saturated heterocycles. The van der Waals surface area contributed by atoms with Gasteiger partial charge in [0.1, 0.15) is 5.75 Å². The summed E-state index contributed by atoms with van der Waals surface area (Å²) in [5, 5.41) is 8.63. The highest BCUT2D eigenvalue weighted by atomic mass is 16.5. The number of aliphatic hydroxyl groups excluding tert-OH is 1. The van der Waals surface area contributed by atoms with Gasteiger partial charge in [0.25, 0.3) is 0 Å². The van der Waals surface area contributed by atoms with Gasteiger partial charge in [-0.2, -0.15) is 0 Å². The molecule has 1 rings (SSSR count). The third-order valence-electron chi connectivity index (χ3n) is 2.44. The quantitative estimate of drug-likeness (QED) is 0.826. The van der Waals surface area contributed by atoms with Crippen LogP contribution in [0.2, 0.25) is 0 Å². The van der Waals surface area contributed by atoms with Crippen molar-refractivity contribution in [2.75, 3.05) is 13.2 Å². The first kappa shape index (κ1) is 14.6. The predicted octanol–water partition coefficient (Wildman–Crippen LogP) is 3.24. The molecule has 0 spiro atoms. The average Bonchev–Trinajstić information content (AvgIpc) is 2.30. The molecular weight excluding hydrogens is 224 g/mol. The molecule has 0 unspecified atom stereocenters. The van der Waals surface area contributed by atoms with E-state index in [1.165, 1.54) is 0 Å². The zero-order valence-corrected chi connectivity index (χ0v) is 11.5. The van der Waals surface area contributed by atoms with Crippen LogP contribution in [0.15, 0.2) is 24.3 Å². The Morgan fingerprint density at radius 1 is 1.17 bits per heavy atom. The van der Waals surface area contributed by atoms with Gasteiger partial charge in [0.05, 0.1) is 13.2 Å². The summed E-state index contributed by atoms with van der Waals surface area (Å²) in [5.41, 5.74) is 1.25. The number of hydrogen-bond acceptors (Lipinski definition) is 2. The van der Waals surface area contributed by atoms with Gasteiger partial charge in [-0.05, 0) is 36.1 Å². The van der Waals surface area contributed by atoms with Crippen LogP contribution in [0.1, 0.15) is 39.2 Å². The lowest BCUT2D eigenvalue weighted by atomic mass is 9.93. The molecule has 0 bridgehead atoms. The van der Waals surface area contributed by atoms with Crippen molar-refractivity contribution in [1.82, 2.24) is 0 Å². The molecular formula is C16H22O2. The number of aliphatic hydroxyl groups is 1. The van der Waals surface area contributed by atoms with Crippen LogP contribution in [-0.2, 0) is 0 Å². The van der Waals surface area contributed by atoms with Gasteiger partial charge >= 0.3 is 0 Å². The topological polar surface area (TPSA) is 29.5 Å². The first-order chi connectivity index (χ1) is 8.51. The van der Waals surface area contributed by atoms with Crippen molar-refractivity contribution in [2.45, 2.75) is 33.6 Å². The largest absolute Gasteiger partial charge is 0.494 e. The third-order valence-corrected chi connectivity index (χ3v) is 2.44. The molecule has 1 aromatic rings. The fourth-order valence-corrected chi connectivity index (χ4v) is 1.33. The van der Waals surface area contributed by atoms with Crippen molar-refractivity contribution in [3.8, 4) is 17.6 Å². The Morgan fingerprint density at radius 3 is 2.39 bits per heavy atom. The molecule has 0 amide bonds. The van der Waals surface area contributed by atoms with E-state index in [1.807, 2.05) is 24.3 Å². The first-order valence-corrected chi connectivity index (χ1v) is 6.34. The molecule has 0 aromatic heterocycles. The molecule has 0 fully saturated rings. The summed E-state index contributed by atoms with van der Waals surface area (Å²) < 4.78 is 5.67. The fourth-order valence-electron chi connectivity index (χ4n) is 1.33. The van der Waals surface area contributed by atoms with Gasteiger partial charge in [-0.1, -0.05) is 32.6 Å². The van der Waals surface area contributed by atoms with E-state index in [1.54, 1.807) is 0 Å². The third kappa shape index (κ3) is 6.32. The molecule has 0 heterocycles. The minimum Gasteiger partial charge on any atom is -0.494 e. The number of hydrogen-bond donors (Lipinski definition) is 1. The lowest BCUT2D eigenvalue weighted by Gasteiger charge is -2.18. The van der Waals surface area contributed by atoms with Crippen molar-refractivity contribution in [1.29, 1.82) is 0 Å². The minimum absolute atomic E-state index is 0.112. The van der Waals surface area contributed by atoms with Gasteiger partial charge in [0.15, 0.2) is 0 Å². The van der Waals surface area contributed by atoms with Crippen LogP contribution in [0.25, 0.3) is 0 Å². The van der Waals surface area contributed by atoms with Gasteiger partial charge in [-0.15, -0.1) is 0 Å². The summed E-state index contributed by atoms with van der Waals surface area (Å²) in [6, 6.07) is 7.75. The van der Waals surface area contributed by atoms with E-state index in [2.05, 4.69) is 32.6 Å². The van der Waals surface area contributed by atoms with E-state index in [0.717, 1.165) is 24.3 Å². The van der Waals surface area contributed by atoms with Crippen molar-refractivity contribution >= 4 is 0 Å². The maximum atomic E-state index is 8.63. The second kappa shape index (κ2) is 7.08. The second-order valence-corrected chi connectivity index (χ2v) is 5.46. The summed E-state index contributed by atoms with van der Waals surface area (Å²) in [6.45, 7) is 7.46. The van der Waals surface area contributed by atoms with E-state index in [9.17, 15) is 0 Å². The van der Waals surface area contributed by atoms with Crippen molar-refractivity contribution in [3.63, 3.8) is 0 Å². The summed E-state index contributed by atoms with van der Waals surface area (Å²) in [5.74, 6) is 6.76. The van der Waals surface area contributed by atoms with Crippen LogP contribution < -0.4 is 4.74 Å². The molecule has 0 aliphatic carbocycles. The SMILES string of the molecule is CC(C)(C)CCOc1ccc(C#CCCO)cc1. The summed E-state index contributed by atoms with van der Waals surface area (Å²) in [6.07, 6.45) is 1.55. The van der Waals surface area contributed by atoms with Gasteiger partial charge < -0.3 is 9.84 Å². The molecule has 0 radical (unpaired) electrons. The molecule has 1 N–H and O–H groups in total. The molecule has 0 saturated carbocycles. The van der Waals surface area contributed by atoms with E-state index in [4.69, 9.17) is 9.84 Å². The highest BCUT2D eigenvalue weighted by molar-refractivity contribution is 5.38. The van der Waals surface area contributed by atoms with Crippen LogP contribution in [0.5, 0.6) is 5.75 Å². The monoisotopic (exact) mass is 246 g/mol. The normalized spacial score (nSPS) is 10.7. The van der Waals surface area contributed by atoms with Gasteiger partial charge in [0, 0.05) is 12.0 Å². The van der Waals surface area contributed by atoms with E-state index >= 15 is 0 Å². The second-order valence-electron chi connectivity index (χ2n) is 5.46. The van der Waals surface area contributed by atoms with E-state index in [0.29, 0.717) is 11.8 Å². The van der Waals surface area contributed by atoms with Crippen molar-refractivity contribution in [3.05, 3.63) is 29.8 Å². The van der Waals surface area contributed by atoms with Gasteiger partial charge in [-0.3, -0.25) is 0 Å². The molecule has 18 heavy (non-hydrogen) atoms. The zero-order chi connectivity index (χ0) is 13.4. The molecule has 2 heteroatoms.